The van der Waals surface area contributed by atoms with Gasteiger partial charge in [-0.15, -0.1) is 0 Å². The standard InChI is InChI=1S/C5H5NO2/c1-2-4-3-6-5(7)8-4/h1,3H2,(H,6,7). The molecule has 0 radical (unpaired) electrons. The normalized spacial score (nSPS) is 17.0. The van der Waals surface area contributed by atoms with Gasteiger partial charge in [0.15, 0.2) is 5.76 Å². The van der Waals surface area contributed by atoms with Crippen molar-refractivity contribution in [2.24, 2.45) is 0 Å². The Labute approximate surface area is 46.6 Å². The van der Waals surface area contributed by atoms with Crippen molar-refractivity contribution in [2.75, 3.05) is 6.54 Å². The number of carbonyl (C=O) groups is 1. The van der Waals surface area contributed by atoms with Crippen molar-refractivity contribution in [1.82, 2.24) is 5.32 Å². The SMILES string of the molecule is C=C=C1CNC(=O)O1. The van der Waals surface area contributed by atoms with Crippen molar-refractivity contribution < 1.29 is 9.53 Å². The maximum Gasteiger partial charge on any atom is 0.413 e. The Kier molecular flexibility index (Phi) is 1.06. The Morgan fingerprint density at radius 1 is 1.88 bits per heavy atom. The summed E-state index contributed by atoms with van der Waals surface area (Å²) in [7, 11) is 0. The number of ether oxygens (including phenoxy) is 1. The summed E-state index contributed by atoms with van der Waals surface area (Å²) < 4.78 is 4.50. The molecule has 0 aliphatic carbocycles. The van der Waals surface area contributed by atoms with Crippen molar-refractivity contribution in [3.05, 3.63) is 18.1 Å². The highest BCUT2D eigenvalue weighted by Gasteiger charge is 2.13. The number of cyclic esters (lactones) is 1. The van der Waals surface area contributed by atoms with Crippen LogP contribution in [0.15, 0.2) is 18.1 Å². The monoisotopic (exact) mass is 111 g/mol. The van der Waals surface area contributed by atoms with E-state index in [0.717, 1.165) is 0 Å². The number of carbonyl (C=O) groups excluding carboxylic acids is 1. The van der Waals surface area contributed by atoms with E-state index in [1.807, 2.05) is 0 Å². The summed E-state index contributed by atoms with van der Waals surface area (Å²) >= 11 is 0. The molecule has 1 N–H and O–H groups in total. The summed E-state index contributed by atoms with van der Waals surface area (Å²) in [4.78, 5) is 10.2. The highest BCUT2D eigenvalue weighted by molar-refractivity contribution is 5.71. The van der Waals surface area contributed by atoms with E-state index in [9.17, 15) is 4.79 Å². The van der Waals surface area contributed by atoms with Crippen LogP contribution in [-0.2, 0) is 4.74 Å². The van der Waals surface area contributed by atoms with E-state index in [2.05, 4.69) is 22.4 Å². The van der Waals surface area contributed by atoms with Crippen LogP contribution in [0, 0.1) is 0 Å². The number of alkyl carbamates (subject to hydrolysis) is 1. The molecule has 0 aromatic heterocycles. The van der Waals surface area contributed by atoms with Gasteiger partial charge in [0.05, 0.1) is 6.54 Å². The quantitative estimate of drug-likeness (QED) is 0.459. The van der Waals surface area contributed by atoms with Gasteiger partial charge in [0.25, 0.3) is 0 Å². The molecule has 0 unspecified atom stereocenters. The lowest BCUT2D eigenvalue weighted by atomic mass is 10.5. The van der Waals surface area contributed by atoms with E-state index in [4.69, 9.17) is 0 Å². The van der Waals surface area contributed by atoms with Gasteiger partial charge in [-0.1, -0.05) is 12.3 Å². The highest BCUT2D eigenvalue weighted by Crippen LogP contribution is 1.99. The lowest BCUT2D eigenvalue weighted by Crippen LogP contribution is -2.11. The number of nitrogens with one attached hydrogen (secondary N) is 1. The zero-order valence-corrected chi connectivity index (χ0v) is 4.23. The maximum absolute atomic E-state index is 10.2. The van der Waals surface area contributed by atoms with Crippen molar-refractivity contribution >= 4 is 6.09 Å². The lowest BCUT2D eigenvalue weighted by molar-refractivity contribution is 0.195. The van der Waals surface area contributed by atoms with Gasteiger partial charge in [-0.2, -0.15) is 0 Å². The van der Waals surface area contributed by atoms with E-state index in [1.165, 1.54) is 0 Å². The summed E-state index contributed by atoms with van der Waals surface area (Å²) in [5, 5.41) is 2.42. The molecular weight excluding hydrogens is 106 g/mol. The first-order chi connectivity index (χ1) is 3.83. The van der Waals surface area contributed by atoms with Crippen LogP contribution in [-0.4, -0.2) is 12.6 Å². The van der Waals surface area contributed by atoms with E-state index in [0.29, 0.717) is 12.3 Å². The minimum Gasteiger partial charge on any atom is -0.404 e. The molecule has 0 aromatic rings. The van der Waals surface area contributed by atoms with Gasteiger partial charge < -0.3 is 10.1 Å². The Morgan fingerprint density at radius 3 is 2.88 bits per heavy atom. The van der Waals surface area contributed by atoms with Gasteiger partial charge in [0, 0.05) is 0 Å². The number of hydrogen-bond donors (Lipinski definition) is 1. The predicted octanol–water partition coefficient (Wildman–Crippen LogP) is 0.395. The van der Waals surface area contributed by atoms with E-state index in [1.54, 1.807) is 0 Å². The predicted molar refractivity (Wildman–Crippen MR) is 27.1 cm³/mol. The van der Waals surface area contributed by atoms with Crippen LogP contribution in [0.25, 0.3) is 0 Å². The fraction of sp³-hybridized carbons (Fsp3) is 0.200. The Bertz CT molecular complexity index is 167. The molecule has 3 heteroatoms. The van der Waals surface area contributed by atoms with Crippen LogP contribution in [0.5, 0.6) is 0 Å². The zero-order valence-electron chi connectivity index (χ0n) is 4.23. The van der Waals surface area contributed by atoms with Crippen LogP contribution in [0.4, 0.5) is 4.79 Å². The van der Waals surface area contributed by atoms with Gasteiger partial charge in [0.2, 0.25) is 0 Å². The molecule has 42 valence electrons. The molecule has 1 fully saturated rings. The Morgan fingerprint density at radius 2 is 2.62 bits per heavy atom. The smallest absolute Gasteiger partial charge is 0.404 e. The number of hydrogen-bond acceptors (Lipinski definition) is 2. The first-order valence-electron chi connectivity index (χ1n) is 2.17. The van der Waals surface area contributed by atoms with Crippen LogP contribution in [0.2, 0.25) is 0 Å². The molecular formula is C5H5NO2. The van der Waals surface area contributed by atoms with Gasteiger partial charge in [0.1, 0.15) is 0 Å². The van der Waals surface area contributed by atoms with Crippen LogP contribution in [0.1, 0.15) is 0 Å². The zero-order chi connectivity index (χ0) is 5.98. The molecule has 1 aliphatic heterocycles. The third-order valence-corrected chi connectivity index (χ3v) is 0.806. The van der Waals surface area contributed by atoms with Crippen LogP contribution < -0.4 is 5.32 Å². The van der Waals surface area contributed by atoms with Crippen molar-refractivity contribution in [1.29, 1.82) is 0 Å². The Balaban J connectivity index is 2.70. The lowest BCUT2D eigenvalue weighted by Gasteiger charge is -1.82. The Hall–Kier alpha value is -1.21. The van der Waals surface area contributed by atoms with Gasteiger partial charge in [-0.25, -0.2) is 4.79 Å². The highest BCUT2D eigenvalue weighted by atomic mass is 16.6. The number of amides is 1. The summed E-state index contributed by atoms with van der Waals surface area (Å²) in [6.07, 6.45) is -0.420. The second-order valence-corrected chi connectivity index (χ2v) is 1.34. The average Bonchev–Trinajstić information content (AvgIpc) is 2.14. The van der Waals surface area contributed by atoms with E-state index < -0.39 is 6.09 Å². The first-order valence-corrected chi connectivity index (χ1v) is 2.17. The fourth-order valence-corrected chi connectivity index (χ4v) is 0.435. The molecule has 1 aliphatic rings. The molecule has 0 spiro atoms. The molecule has 8 heavy (non-hydrogen) atoms. The maximum atomic E-state index is 10.2. The molecule has 1 saturated heterocycles. The molecule has 0 aromatic carbocycles. The molecule has 0 atom stereocenters. The second-order valence-electron chi connectivity index (χ2n) is 1.34. The van der Waals surface area contributed by atoms with Gasteiger partial charge >= 0.3 is 6.09 Å². The molecule has 0 bridgehead atoms. The minimum atomic E-state index is -0.420. The van der Waals surface area contributed by atoms with Gasteiger partial charge in [-0.3, -0.25) is 0 Å². The second kappa shape index (κ2) is 1.72. The molecule has 3 nitrogen and oxygen atoms in total. The molecule has 0 saturated carbocycles. The van der Waals surface area contributed by atoms with Gasteiger partial charge in [-0.05, 0) is 0 Å². The van der Waals surface area contributed by atoms with E-state index in [-0.39, 0.29) is 0 Å². The van der Waals surface area contributed by atoms with E-state index >= 15 is 0 Å². The minimum absolute atomic E-state index is 0.419. The van der Waals surface area contributed by atoms with Crippen molar-refractivity contribution in [3.63, 3.8) is 0 Å². The third-order valence-electron chi connectivity index (χ3n) is 0.806. The molecule has 1 heterocycles. The topological polar surface area (TPSA) is 38.3 Å². The first kappa shape index (κ1) is 4.94. The third kappa shape index (κ3) is 0.718. The van der Waals surface area contributed by atoms with Crippen molar-refractivity contribution in [3.8, 4) is 0 Å². The summed E-state index contributed by atoms with van der Waals surface area (Å²) in [6, 6.07) is 0. The van der Waals surface area contributed by atoms with Crippen LogP contribution in [0.3, 0.4) is 0 Å². The fourth-order valence-electron chi connectivity index (χ4n) is 0.435. The summed E-state index contributed by atoms with van der Waals surface area (Å²) in [5.41, 5.74) is 2.46. The van der Waals surface area contributed by atoms with Crippen molar-refractivity contribution in [2.45, 2.75) is 0 Å². The number of rotatable bonds is 0. The molecule has 1 rings (SSSR count). The summed E-state index contributed by atoms with van der Waals surface area (Å²) in [5.74, 6) is 0.468. The summed E-state index contributed by atoms with van der Waals surface area (Å²) in [6.45, 7) is 3.72. The largest absolute Gasteiger partial charge is 0.413 e. The average molecular weight is 111 g/mol. The molecule has 1 amide bonds. The van der Waals surface area contributed by atoms with Crippen LogP contribution >= 0.6 is 0 Å².